The van der Waals surface area contributed by atoms with Crippen LogP contribution in [0.5, 0.6) is 0 Å². The Balaban J connectivity index is 0.000000791. The van der Waals surface area contributed by atoms with Gasteiger partial charge in [-0.2, -0.15) is 0 Å². The molecule has 1 aliphatic heterocycles. The van der Waals surface area contributed by atoms with Crippen molar-refractivity contribution in [3.8, 4) is 0 Å². The first-order chi connectivity index (χ1) is 12.6. The monoisotopic (exact) mass is 355 g/mol. The number of hydrogen-bond acceptors (Lipinski definition) is 1. The Morgan fingerprint density at radius 3 is 2.15 bits per heavy atom. The van der Waals surface area contributed by atoms with Crippen molar-refractivity contribution in [2.24, 2.45) is 10.9 Å². The normalized spacial score (nSPS) is 20.2. The largest absolute Gasteiger partial charge is 0.282 e. The van der Waals surface area contributed by atoms with Crippen molar-refractivity contribution >= 4 is 5.71 Å². The van der Waals surface area contributed by atoms with E-state index in [1.165, 1.54) is 60.9 Å². The smallest absolute Gasteiger partial charge is 0.0820 e. The Labute approximate surface area is 163 Å². The van der Waals surface area contributed by atoms with E-state index in [4.69, 9.17) is 4.99 Å². The van der Waals surface area contributed by atoms with Gasteiger partial charge in [-0.15, -0.1) is 0 Å². The van der Waals surface area contributed by atoms with Gasteiger partial charge in [-0.25, -0.2) is 0 Å². The zero-order valence-electron chi connectivity index (χ0n) is 18.2. The van der Waals surface area contributed by atoms with Crippen LogP contribution < -0.4 is 0 Å². The van der Waals surface area contributed by atoms with Crippen molar-refractivity contribution in [2.75, 3.05) is 0 Å². The zero-order valence-corrected chi connectivity index (χ0v) is 18.2. The van der Waals surface area contributed by atoms with Crippen molar-refractivity contribution in [1.29, 1.82) is 0 Å². The van der Waals surface area contributed by atoms with Gasteiger partial charge in [-0.1, -0.05) is 90.3 Å². The SMILES string of the molecule is C=C1C(Cc2ccc(C)cc2)C(CCCC)=NC12CCCC2.CC.CC. The number of aryl methyl sites for hydroxylation is 1. The van der Waals surface area contributed by atoms with E-state index >= 15 is 0 Å². The Kier molecular flexibility index (Phi) is 9.91. The lowest BCUT2D eigenvalue weighted by Gasteiger charge is -2.24. The molecule has 0 amide bonds. The summed E-state index contributed by atoms with van der Waals surface area (Å²) in [5, 5.41) is 0. The Morgan fingerprint density at radius 2 is 1.62 bits per heavy atom. The van der Waals surface area contributed by atoms with Gasteiger partial charge in [0.15, 0.2) is 0 Å². The zero-order chi connectivity index (χ0) is 19.6. The molecule has 0 radical (unpaired) electrons. The Morgan fingerprint density at radius 1 is 1.04 bits per heavy atom. The van der Waals surface area contributed by atoms with Crippen LogP contribution in [-0.4, -0.2) is 11.3 Å². The lowest BCUT2D eigenvalue weighted by atomic mass is 9.80. The van der Waals surface area contributed by atoms with Crippen LogP contribution in [0.15, 0.2) is 41.4 Å². The maximum absolute atomic E-state index is 5.25. The maximum Gasteiger partial charge on any atom is 0.0820 e. The van der Waals surface area contributed by atoms with E-state index in [-0.39, 0.29) is 5.54 Å². The van der Waals surface area contributed by atoms with E-state index in [9.17, 15) is 0 Å². The lowest BCUT2D eigenvalue weighted by Crippen LogP contribution is -2.24. The fraction of sp³-hybridized carbons (Fsp3) is 0.640. The number of benzene rings is 1. The van der Waals surface area contributed by atoms with E-state index < -0.39 is 0 Å². The molecule has 0 bridgehead atoms. The summed E-state index contributed by atoms with van der Waals surface area (Å²) in [6.07, 6.45) is 9.85. The Bertz CT molecular complexity index is 558. The second-order valence-electron chi connectivity index (χ2n) is 7.21. The molecule has 1 aromatic carbocycles. The molecule has 0 N–H and O–H groups in total. The third kappa shape index (κ3) is 5.32. The van der Waals surface area contributed by atoms with Gasteiger partial charge in [-0.05, 0) is 50.2 Å². The molecule has 1 unspecified atom stereocenters. The van der Waals surface area contributed by atoms with E-state index in [0.717, 1.165) is 12.8 Å². The molecule has 1 atom stereocenters. The van der Waals surface area contributed by atoms with Crippen molar-refractivity contribution in [1.82, 2.24) is 0 Å². The predicted octanol–water partition coefficient (Wildman–Crippen LogP) is 7.72. The van der Waals surface area contributed by atoms with E-state index in [0.29, 0.717) is 5.92 Å². The first kappa shape index (κ1) is 22.7. The highest BCUT2D eigenvalue weighted by molar-refractivity contribution is 5.93. The number of aliphatic imine (C=N–C) groups is 1. The maximum atomic E-state index is 5.25. The van der Waals surface area contributed by atoms with Crippen molar-refractivity contribution in [3.63, 3.8) is 0 Å². The topological polar surface area (TPSA) is 12.4 Å². The van der Waals surface area contributed by atoms with Crippen molar-refractivity contribution in [2.45, 2.75) is 98.4 Å². The molecule has 1 fully saturated rings. The minimum Gasteiger partial charge on any atom is -0.282 e. The standard InChI is InChI=1S/C21H29N.2C2H6/c1-4-5-8-20-19(15-18-11-9-16(2)10-12-18)17(3)21(22-20)13-6-7-14-21;2*1-2/h9-12,19H,3-8,13-15H2,1-2H3;2*1-2H3. The number of unbranched alkanes of at least 4 members (excludes halogenated alkanes) is 1. The quantitative estimate of drug-likeness (QED) is 0.479. The molecule has 1 aromatic rings. The molecule has 1 aliphatic carbocycles. The van der Waals surface area contributed by atoms with Gasteiger partial charge in [0.05, 0.1) is 5.54 Å². The molecule has 0 saturated heterocycles. The fourth-order valence-corrected chi connectivity index (χ4v) is 4.13. The summed E-state index contributed by atoms with van der Waals surface area (Å²) in [5.74, 6) is 0.479. The summed E-state index contributed by atoms with van der Waals surface area (Å²) in [6.45, 7) is 16.9. The van der Waals surface area contributed by atoms with Gasteiger partial charge < -0.3 is 0 Å². The predicted molar refractivity (Wildman–Crippen MR) is 118 cm³/mol. The highest BCUT2D eigenvalue weighted by Gasteiger charge is 2.45. The van der Waals surface area contributed by atoms with Gasteiger partial charge in [0.25, 0.3) is 0 Å². The highest BCUT2D eigenvalue weighted by atomic mass is 14.9. The van der Waals surface area contributed by atoms with E-state index in [1.807, 2.05) is 27.7 Å². The second-order valence-corrected chi connectivity index (χ2v) is 7.21. The van der Waals surface area contributed by atoms with Crippen LogP contribution in [0, 0.1) is 12.8 Å². The summed E-state index contributed by atoms with van der Waals surface area (Å²) in [7, 11) is 0. The molecular formula is C25H41N. The van der Waals surface area contributed by atoms with Gasteiger partial charge in [-0.3, -0.25) is 4.99 Å². The number of rotatable bonds is 5. The molecule has 1 heteroatoms. The van der Waals surface area contributed by atoms with Crippen LogP contribution >= 0.6 is 0 Å². The molecule has 26 heavy (non-hydrogen) atoms. The second kappa shape index (κ2) is 11.4. The molecule has 1 saturated carbocycles. The first-order valence-electron chi connectivity index (χ1n) is 11.0. The van der Waals surface area contributed by atoms with Crippen molar-refractivity contribution in [3.05, 3.63) is 47.5 Å². The van der Waals surface area contributed by atoms with Gasteiger partial charge in [0.1, 0.15) is 0 Å². The van der Waals surface area contributed by atoms with Crippen LogP contribution in [0.25, 0.3) is 0 Å². The summed E-state index contributed by atoms with van der Waals surface area (Å²) in [4.78, 5) is 5.25. The van der Waals surface area contributed by atoms with Gasteiger partial charge in [0.2, 0.25) is 0 Å². The van der Waals surface area contributed by atoms with Crippen LogP contribution in [0.4, 0.5) is 0 Å². The van der Waals surface area contributed by atoms with Gasteiger partial charge in [0, 0.05) is 11.6 Å². The minimum atomic E-state index is 0.110. The molecule has 146 valence electrons. The molecule has 3 rings (SSSR count). The fourth-order valence-electron chi connectivity index (χ4n) is 4.13. The number of hydrogen-bond donors (Lipinski definition) is 0. The average molecular weight is 356 g/mol. The summed E-state index contributed by atoms with van der Waals surface area (Å²) < 4.78 is 0. The molecular weight excluding hydrogens is 314 g/mol. The molecule has 1 nitrogen and oxygen atoms in total. The number of nitrogens with zero attached hydrogens (tertiary/aromatic N) is 1. The molecule has 1 heterocycles. The van der Waals surface area contributed by atoms with E-state index in [2.05, 4.69) is 44.7 Å². The van der Waals surface area contributed by atoms with Crippen LogP contribution in [-0.2, 0) is 6.42 Å². The highest BCUT2D eigenvalue weighted by Crippen LogP contribution is 2.47. The van der Waals surface area contributed by atoms with Crippen LogP contribution in [0.2, 0.25) is 0 Å². The third-order valence-corrected chi connectivity index (χ3v) is 5.56. The first-order valence-corrected chi connectivity index (χ1v) is 11.0. The molecule has 1 spiro atoms. The molecule has 0 aromatic heterocycles. The Hall–Kier alpha value is -1.37. The molecule has 2 aliphatic rings. The van der Waals surface area contributed by atoms with E-state index in [1.54, 1.807) is 0 Å². The summed E-state index contributed by atoms with van der Waals surface area (Å²) in [6, 6.07) is 9.00. The van der Waals surface area contributed by atoms with Crippen LogP contribution in [0.3, 0.4) is 0 Å². The summed E-state index contributed by atoms with van der Waals surface area (Å²) in [5.41, 5.74) is 5.72. The average Bonchev–Trinajstić information content (AvgIpc) is 3.26. The third-order valence-electron chi connectivity index (χ3n) is 5.56. The minimum absolute atomic E-state index is 0.110. The van der Waals surface area contributed by atoms with Gasteiger partial charge >= 0.3 is 0 Å². The summed E-state index contributed by atoms with van der Waals surface area (Å²) >= 11 is 0. The van der Waals surface area contributed by atoms with Crippen LogP contribution in [0.1, 0.15) is 90.7 Å². The van der Waals surface area contributed by atoms with Crippen molar-refractivity contribution < 1.29 is 0 Å². The lowest BCUT2D eigenvalue weighted by molar-refractivity contribution is 0.515.